The SMILES string of the molecule is NCc1coc(N2CCC(N3CCCC3)C2)n1. The van der Waals surface area contributed by atoms with Crippen molar-refractivity contribution in [1.29, 1.82) is 0 Å². The predicted molar refractivity (Wildman–Crippen MR) is 65.8 cm³/mol. The Kier molecular flexibility index (Phi) is 3.03. The molecule has 3 heterocycles. The van der Waals surface area contributed by atoms with Crippen molar-refractivity contribution < 1.29 is 4.42 Å². The van der Waals surface area contributed by atoms with Crippen molar-refractivity contribution >= 4 is 6.01 Å². The third-order valence-corrected chi connectivity index (χ3v) is 3.84. The largest absolute Gasteiger partial charge is 0.432 e. The van der Waals surface area contributed by atoms with Gasteiger partial charge in [0.1, 0.15) is 6.26 Å². The number of nitrogens with zero attached hydrogens (tertiary/aromatic N) is 3. The van der Waals surface area contributed by atoms with Crippen LogP contribution in [0.3, 0.4) is 0 Å². The molecule has 2 aliphatic rings. The van der Waals surface area contributed by atoms with Crippen LogP contribution < -0.4 is 10.6 Å². The predicted octanol–water partition coefficient (Wildman–Crippen LogP) is 0.808. The van der Waals surface area contributed by atoms with E-state index in [4.69, 9.17) is 10.2 Å². The molecule has 0 aromatic carbocycles. The van der Waals surface area contributed by atoms with Gasteiger partial charge in [0.25, 0.3) is 6.01 Å². The molecule has 0 bridgehead atoms. The minimum atomic E-state index is 0.451. The van der Waals surface area contributed by atoms with Crippen molar-refractivity contribution in [2.24, 2.45) is 5.73 Å². The number of oxazole rings is 1. The number of likely N-dealkylation sites (tertiary alicyclic amines) is 1. The number of anilines is 1. The summed E-state index contributed by atoms with van der Waals surface area (Å²) in [6.07, 6.45) is 5.60. The Morgan fingerprint density at radius 2 is 2.18 bits per heavy atom. The Hall–Kier alpha value is -1.07. The molecule has 1 aromatic heterocycles. The first-order chi connectivity index (χ1) is 8.36. The van der Waals surface area contributed by atoms with E-state index in [0.717, 1.165) is 24.8 Å². The summed E-state index contributed by atoms with van der Waals surface area (Å²) in [5.41, 5.74) is 6.38. The maximum absolute atomic E-state index is 5.54. The summed E-state index contributed by atoms with van der Waals surface area (Å²) in [5, 5.41) is 0. The van der Waals surface area contributed by atoms with Crippen LogP contribution in [-0.2, 0) is 6.54 Å². The number of rotatable bonds is 3. The molecule has 1 atom stereocenters. The fraction of sp³-hybridized carbons (Fsp3) is 0.750. The van der Waals surface area contributed by atoms with Crippen LogP contribution in [0.1, 0.15) is 25.0 Å². The minimum absolute atomic E-state index is 0.451. The zero-order valence-electron chi connectivity index (χ0n) is 10.1. The van der Waals surface area contributed by atoms with Gasteiger partial charge in [0, 0.05) is 25.7 Å². The molecule has 5 nitrogen and oxygen atoms in total. The molecule has 2 saturated heterocycles. The summed E-state index contributed by atoms with van der Waals surface area (Å²) in [6.45, 7) is 5.07. The molecule has 2 fully saturated rings. The Bertz CT molecular complexity index is 372. The zero-order chi connectivity index (χ0) is 11.7. The number of nitrogens with two attached hydrogens (primary N) is 1. The van der Waals surface area contributed by atoms with Gasteiger partial charge in [-0.3, -0.25) is 4.90 Å². The summed E-state index contributed by atoms with van der Waals surface area (Å²) < 4.78 is 5.47. The van der Waals surface area contributed by atoms with E-state index in [1.54, 1.807) is 6.26 Å². The van der Waals surface area contributed by atoms with E-state index < -0.39 is 0 Å². The van der Waals surface area contributed by atoms with E-state index in [9.17, 15) is 0 Å². The summed E-state index contributed by atoms with van der Waals surface area (Å²) in [4.78, 5) is 9.23. The third kappa shape index (κ3) is 2.17. The van der Waals surface area contributed by atoms with E-state index in [-0.39, 0.29) is 0 Å². The lowest BCUT2D eigenvalue weighted by atomic mass is 10.2. The van der Waals surface area contributed by atoms with E-state index in [1.807, 2.05) is 0 Å². The van der Waals surface area contributed by atoms with Crippen LogP contribution in [0.2, 0.25) is 0 Å². The molecule has 17 heavy (non-hydrogen) atoms. The number of aromatic nitrogens is 1. The summed E-state index contributed by atoms with van der Waals surface area (Å²) in [5.74, 6) is 0. The first kappa shape index (κ1) is 11.0. The van der Waals surface area contributed by atoms with Crippen LogP contribution in [0.25, 0.3) is 0 Å². The zero-order valence-corrected chi connectivity index (χ0v) is 10.1. The standard InChI is InChI=1S/C12H20N4O/c13-7-10-9-17-12(14-10)16-6-3-11(8-16)15-4-1-2-5-15/h9,11H,1-8,13H2. The summed E-state index contributed by atoms with van der Waals surface area (Å²) in [7, 11) is 0. The van der Waals surface area contributed by atoms with Crippen molar-refractivity contribution in [2.75, 3.05) is 31.1 Å². The quantitative estimate of drug-likeness (QED) is 0.841. The molecule has 1 aromatic rings. The van der Waals surface area contributed by atoms with Crippen LogP contribution in [0.5, 0.6) is 0 Å². The molecule has 3 rings (SSSR count). The molecule has 2 N–H and O–H groups in total. The van der Waals surface area contributed by atoms with Gasteiger partial charge in [-0.05, 0) is 32.4 Å². The molecule has 1 unspecified atom stereocenters. The lowest BCUT2D eigenvalue weighted by molar-refractivity contribution is 0.260. The van der Waals surface area contributed by atoms with Gasteiger partial charge in [-0.15, -0.1) is 0 Å². The first-order valence-corrected chi connectivity index (χ1v) is 6.50. The maximum Gasteiger partial charge on any atom is 0.297 e. The normalized spacial score (nSPS) is 25.9. The Labute approximate surface area is 102 Å². The van der Waals surface area contributed by atoms with Gasteiger partial charge >= 0.3 is 0 Å². The van der Waals surface area contributed by atoms with Crippen LogP contribution in [0.4, 0.5) is 6.01 Å². The topological polar surface area (TPSA) is 58.5 Å². The smallest absolute Gasteiger partial charge is 0.297 e. The fourth-order valence-corrected chi connectivity index (χ4v) is 2.86. The summed E-state index contributed by atoms with van der Waals surface area (Å²) >= 11 is 0. The highest BCUT2D eigenvalue weighted by Crippen LogP contribution is 2.24. The molecule has 0 radical (unpaired) electrons. The van der Waals surface area contributed by atoms with Crippen molar-refractivity contribution in [3.8, 4) is 0 Å². The lowest BCUT2D eigenvalue weighted by Crippen LogP contribution is -2.35. The van der Waals surface area contributed by atoms with E-state index >= 15 is 0 Å². The van der Waals surface area contributed by atoms with Crippen LogP contribution in [-0.4, -0.2) is 42.1 Å². The van der Waals surface area contributed by atoms with E-state index in [1.165, 1.54) is 32.4 Å². The van der Waals surface area contributed by atoms with Crippen LogP contribution in [0.15, 0.2) is 10.7 Å². The summed E-state index contributed by atoms with van der Waals surface area (Å²) in [6, 6.07) is 1.43. The van der Waals surface area contributed by atoms with Gasteiger partial charge in [0.2, 0.25) is 0 Å². The van der Waals surface area contributed by atoms with E-state index in [2.05, 4.69) is 14.8 Å². The van der Waals surface area contributed by atoms with Gasteiger partial charge in [0.05, 0.1) is 5.69 Å². The fourth-order valence-electron chi connectivity index (χ4n) is 2.86. The molecule has 5 heteroatoms. The molecule has 2 aliphatic heterocycles. The third-order valence-electron chi connectivity index (χ3n) is 3.84. The average Bonchev–Trinajstić information content (AvgIpc) is 3.09. The van der Waals surface area contributed by atoms with Gasteiger partial charge in [-0.25, -0.2) is 0 Å². The van der Waals surface area contributed by atoms with Gasteiger partial charge in [-0.2, -0.15) is 4.98 Å². The lowest BCUT2D eigenvalue weighted by Gasteiger charge is -2.22. The Balaban J connectivity index is 1.62. The molecule has 0 amide bonds. The monoisotopic (exact) mass is 236 g/mol. The number of hydrogen-bond acceptors (Lipinski definition) is 5. The van der Waals surface area contributed by atoms with Crippen LogP contribution >= 0.6 is 0 Å². The highest BCUT2D eigenvalue weighted by molar-refractivity contribution is 5.29. The average molecular weight is 236 g/mol. The highest BCUT2D eigenvalue weighted by Gasteiger charge is 2.31. The molecule has 0 saturated carbocycles. The molecular weight excluding hydrogens is 216 g/mol. The van der Waals surface area contributed by atoms with Gasteiger partial charge in [0.15, 0.2) is 0 Å². The Morgan fingerprint density at radius 3 is 2.88 bits per heavy atom. The second-order valence-electron chi connectivity index (χ2n) is 4.96. The van der Waals surface area contributed by atoms with Gasteiger partial charge < -0.3 is 15.1 Å². The molecular formula is C12H20N4O. The van der Waals surface area contributed by atoms with E-state index in [0.29, 0.717) is 12.6 Å². The van der Waals surface area contributed by atoms with Gasteiger partial charge in [-0.1, -0.05) is 0 Å². The molecule has 0 spiro atoms. The first-order valence-electron chi connectivity index (χ1n) is 6.50. The van der Waals surface area contributed by atoms with Crippen molar-refractivity contribution in [1.82, 2.24) is 9.88 Å². The molecule has 0 aliphatic carbocycles. The maximum atomic E-state index is 5.54. The second kappa shape index (κ2) is 4.66. The minimum Gasteiger partial charge on any atom is -0.432 e. The highest BCUT2D eigenvalue weighted by atomic mass is 16.4. The van der Waals surface area contributed by atoms with Crippen molar-refractivity contribution in [2.45, 2.75) is 31.8 Å². The van der Waals surface area contributed by atoms with Crippen LogP contribution in [0, 0.1) is 0 Å². The Morgan fingerprint density at radius 1 is 1.35 bits per heavy atom. The molecule has 94 valence electrons. The van der Waals surface area contributed by atoms with Crippen molar-refractivity contribution in [3.63, 3.8) is 0 Å². The second-order valence-corrected chi connectivity index (χ2v) is 4.96. The number of hydrogen-bond donors (Lipinski definition) is 1. The van der Waals surface area contributed by atoms with Crippen molar-refractivity contribution in [3.05, 3.63) is 12.0 Å².